The van der Waals surface area contributed by atoms with Crippen molar-refractivity contribution in [1.29, 1.82) is 0 Å². The third kappa shape index (κ3) is 2.61. The Kier molecular flexibility index (Phi) is 4.20. The van der Waals surface area contributed by atoms with Gasteiger partial charge in [0.25, 0.3) is 0 Å². The van der Waals surface area contributed by atoms with E-state index in [0.717, 1.165) is 11.1 Å². The molecule has 1 aliphatic carbocycles. The van der Waals surface area contributed by atoms with Gasteiger partial charge < -0.3 is 16.2 Å². The van der Waals surface area contributed by atoms with Gasteiger partial charge in [-0.25, -0.2) is 4.79 Å². The van der Waals surface area contributed by atoms with Crippen LogP contribution >= 0.6 is 11.6 Å². The van der Waals surface area contributed by atoms with Crippen LogP contribution in [0.25, 0.3) is 11.1 Å². The normalized spacial score (nSPS) is 22.5. The van der Waals surface area contributed by atoms with Gasteiger partial charge in [0.2, 0.25) is 0 Å². The SMILES string of the molecule is NC(=O)NC1CCC1(C(=O)O)c1cc(Cl)ccc1-c1ccccc1. The Morgan fingerprint density at radius 3 is 2.46 bits per heavy atom. The van der Waals surface area contributed by atoms with Gasteiger partial charge in [-0.1, -0.05) is 48.0 Å². The summed E-state index contributed by atoms with van der Waals surface area (Å²) in [5.41, 5.74) is 6.27. The van der Waals surface area contributed by atoms with Gasteiger partial charge in [-0.15, -0.1) is 0 Å². The summed E-state index contributed by atoms with van der Waals surface area (Å²) < 4.78 is 0. The largest absolute Gasteiger partial charge is 0.481 e. The Bertz CT molecular complexity index is 794. The summed E-state index contributed by atoms with van der Waals surface area (Å²) in [4.78, 5) is 23.4. The molecular formula is C18H17ClN2O3. The minimum atomic E-state index is -1.23. The number of hydrogen-bond acceptors (Lipinski definition) is 2. The van der Waals surface area contributed by atoms with Crippen LogP contribution in [0.4, 0.5) is 4.79 Å². The number of halogens is 1. The maximum absolute atomic E-state index is 12.2. The molecule has 4 N–H and O–H groups in total. The molecule has 2 atom stereocenters. The minimum absolute atomic E-state index is 0.410. The highest BCUT2D eigenvalue weighted by molar-refractivity contribution is 6.30. The van der Waals surface area contributed by atoms with Crippen LogP contribution in [0.5, 0.6) is 0 Å². The van der Waals surface area contributed by atoms with Gasteiger partial charge in [-0.05, 0) is 41.7 Å². The smallest absolute Gasteiger partial charge is 0.316 e. The Labute approximate surface area is 144 Å². The summed E-state index contributed by atoms with van der Waals surface area (Å²) in [5, 5.41) is 13.0. The first kappa shape index (κ1) is 16.3. The molecule has 0 aliphatic heterocycles. The molecule has 1 fully saturated rings. The van der Waals surface area contributed by atoms with E-state index in [2.05, 4.69) is 5.32 Å². The molecule has 0 spiro atoms. The van der Waals surface area contributed by atoms with Crippen LogP contribution in [-0.2, 0) is 10.2 Å². The topological polar surface area (TPSA) is 92.4 Å². The number of carboxylic acid groups (broad SMARTS) is 1. The van der Waals surface area contributed by atoms with E-state index in [9.17, 15) is 14.7 Å². The van der Waals surface area contributed by atoms with Crippen molar-refractivity contribution in [3.8, 4) is 11.1 Å². The van der Waals surface area contributed by atoms with Crippen LogP contribution < -0.4 is 11.1 Å². The van der Waals surface area contributed by atoms with Gasteiger partial charge in [0.1, 0.15) is 5.41 Å². The van der Waals surface area contributed by atoms with Crippen molar-refractivity contribution >= 4 is 23.6 Å². The van der Waals surface area contributed by atoms with E-state index in [1.54, 1.807) is 12.1 Å². The van der Waals surface area contributed by atoms with E-state index in [0.29, 0.717) is 23.4 Å². The van der Waals surface area contributed by atoms with Crippen LogP contribution in [0, 0.1) is 0 Å². The molecule has 0 radical (unpaired) electrons. The second kappa shape index (κ2) is 6.17. The number of primary amides is 1. The van der Waals surface area contributed by atoms with Crippen LogP contribution in [0.3, 0.4) is 0 Å². The number of aliphatic carboxylic acids is 1. The van der Waals surface area contributed by atoms with Gasteiger partial charge in [-0.2, -0.15) is 0 Å². The Hall–Kier alpha value is -2.53. The number of amides is 2. The third-order valence-electron chi connectivity index (χ3n) is 4.67. The lowest BCUT2D eigenvalue weighted by molar-refractivity contribution is -0.149. The molecule has 24 heavy (non-hydrogen) atoms. The summed E-state index contributed by atoms with van der Waals surface area (Å²) in [7, 11) is 0. The molecule has 6 heteroatoms. The average molecular weight is 345 g/mol. The monoisotopic (exact) mass is 344 g/mol. The Morgan fingerprint density at radius 2 is 1.92 bits per heavy atom. The molecule has 5 nitrogen and oxygen atoms in total. The average Bonchev–Trinajstić information content (AvgIpc) is 2.53. The minimum Gasteiger partial charge on any atom is -0.481 e. The molecule has 1 saturated carbocycles. The molecule has 2 aromatic carbocycles. The number of hydrogen-bond donors (Lipinski definition) is 3. The fourth-order valence-electron chi connectivity index (χ4n) is 3.39. The number of rotatable bonds is 4. The maximum atomic E-state index is 12.2. The third-order valence-corrected chi connectivity index (χ3v) is 4.90. The lowest BCUT2D eigenvalue weighted by Crippen LogP contribution is -2.63. The zero-order valence-electron chi connectivity index (χ0n) is 12.8. The predicted molar refractivity (Wildman–Crippen MR) is 91.9 cm³/mol. The van der Waals surface area contributed by atoms with Crippen LogP contribution in [0.1, 0.15) is 18.4 Å². The van der Waals surface area contributed by atoms with Crippen molar-refractivity contribution in [2.45, 2.75) is 24.3 Å². The zero-order chi connectivity index (χ0) is 17.3. The molecule has 124 valence electrons. The number of nitrogens with one attached hydrogen (secondary N) is 1. The second-order valence-corrected chi connectivity index (χ2v) is 6.37. The number of carbonyl (C=O) groups is 2. The number of carboxylic acids is 1. The molecular weight excluding hydrogens is 328 g/mol. The zero-order valence-corrected chi connectivity index (χ0v) is 13.6. The van der Waals surface area contributed by atoms with E-state index < -0.39 is 23.5 Å². The fourth-order valence-corrected chi connectivity index (χ4v) is 3.57. The first-order valence-electron chi connectivity index (χ1n) is 7.60. The molecule has 3 rings (SSSR count). The number of urea groups is 1. The first-order valence-corrected chi connectivity index (χ1v) is 7.98. The number of nitrogens with two attached hydrogens (primary N) is 1. The molecule has 0 saturated heterocycles. The molecule has 0 bridgehead atoms. The number of carbonyl (C=O) groups excluding carboxylic acids is 1. The molecule has 1 aliphatic rings. The molecule has 2 unspecified atom stereocenters. The highest BCUT2D eigenvalue weighted by Gasteiger charge is 2.56. The second-order valence-electron chi connectivity index (χ2n) is 5.93. The van der Waals surface area contributed by atoms with Crippen molar-refractivity contribution in [3.63, 3.8) is 0 Å². The molecule has 2 aromatic rings. The fraction of sp³-hybridized carbons (Fsp3) is 0.222. The van der Waals surface area contributed by atoms with Gasteiger partial charge >= 0.3 is 12.0 Å². The Balaban J connectivity index is 2.17. The summed E-state index contributed by atoms with van der Waals surface area (Å²) in [6.45, 7) is 0. The standard InChI is InChI=1S/C18H17ClN2O3/c19-12-6-7-13(11-4-2-1-3-5-11)14(10-12)18(16(22)23)9-8-15(18)21-17(20)24/h1-7,10,15H,8-9H2,(H,22,23)(H3,20,21,24). The van der Waals surface area contributed by atoms with E-state index in [-0.39, 0.29) is 0 Å². The molecule has 2 amide bonds. The lowest BCUT2D eigenvalue weighted by Gasteiger charge is -2.47. The van der Waals surface area contributed by atoms with Gasteiger partial charge in [-0.3, -0.25) is 4.79 Å². The molecule has 0 aromatic heterocycles. The first-order chi connectivity index (χ1) is 11.4. The quantitative estimate of drug-likeness (QED) is 0.795. The predicted octanol–water partition coefficient (Wildman–Crippen LogP) is 3.16. The summed E-state index contributed by atoms with van der Waals surface area (Å²) in [6, 6.07) is 13.4. The Morgan fingerprint density at radius 1 is 1.21 bits per heavy atom. The van der Waals surface area contributed by atoms with Crippen molar-refractivity contribution in [3.05, 3.63) is 59.1 Å². The van der Waals surface area contributed by atoms with Crippen molar-refractivity contribution in [2.75, 3.05) is 0 Å². The number of benzene rings is 2. The lowest BCUT2D eigenvalue weighted by atomic mass is 9.59. The van der Waals surface area contributed by atoms with E-state index in [1.807, 2.05) is 36.4 Å². The summed E-state index contributed by atoms with van der Waals surface area (Å²) in [5.74, 6) is -0.994. The van der Waals surface area contributed by atoms with Crippen molar-refractivity contribution in [1.82, 2.24) is 5.32 Å². The summed E-state index contributed by atoms with van der Waals surface area (Å²) in [6.07, 6.45) is 0.962. The van der Waals surface area contributed by atoms with Gasteiger partial charge in [0, 0.05) is 5.02 Å². The molecule has 0 heterocycles. The van der Waals surface area contributed by atoms with Gasteiger partial charge in [0.15, 0.2) is 0 Å². The summed E-state index contributed by atoms with van der Waals surface area (Å²) >= 11 is 6.14. The highest BCUT2D eigenvalue weighted by Crippen LogP contribution is 2.48. The van der Waals surface area contributed by atoms with E-state index in [1.165, 1.54) is 0 Å². The van der Waals surface area contributed by atoms with Crippen molar-refractivity contribution in [2.24, 2.45) is 5.73 Å². The van der Waals surface area contributed by atoms with Crippen molar-refractivity contribution < 1.29 is 14.7 Å². The van der Waals surface area contributed by atoms with Crippen LogP contribution in [0.2, 0.25) is 5.02 Å². The van der Waals surface area contributed by atoms with Gasteiger partial charge in [0.05, 0.1) is 6.04 Å². The van der Waals surface area contributed by atoms with E-state index >= 15 is 0 Å². The maximum Gasteiger partial charge on any atom is 0.316 e. The van der Waals surface area contributed by atoms with Crippen LogP contribution in [-0.4, -0.2) is 23.1 Å². The highest BCUT2D eigenvalue weighted by atomic mass is 35.5. The van der Waals surface area contributed by atoms with E-state index in [4.69, 9.17) is 17.3 Å². The van der Waals surface area contributed by atoms with Crippen LogP contribution in [0.15, 0.2) is 48.5 Å².